The summed E-state index contributed by atoms with van der Waals surface area (Å²) in [6.07, 6.45) is 6.08. The van der Waals surface area contributed by atoms with Gasteiger partial charge < -0.3 is 9.30 Å². The summed E-state index contributed by atoms with van der Waals surface area (Å²) >= 11 is 6.06. The lowest BCUT2D eigenvalue weighted by molar-refractivity contribution is 0.295. The van der Waals surface area contributed by atoms with Gasteiger partial charge in [0.25, 0.3) is 0 Å². The molecular formula is C14H12ClN3O. The molecule has 1 heterocycles. The highest BCUT2D eigenvalue weighted by Gasteiger charge is 2.25. The Morgan fingerprint density at radius 2 is 2.32 bits per heavy atom. The zero-order valence-electron chi connectivity index (χ0n) is 10.2. The van der Waals surface area contributed by atoms with Crippen LogP contribution in [0, 0.1) is 11.3 Å². The number of imidazole rings is 1. The van der Waals surface area contributed by atoms with Crippen LogP contribution in [-0.2, 0) is 6.61 Å². The highest BCUT2D eigenvalue weighted by atomic mass is 35.5. The smallest absolute Gasteiger partial charge is 0.138 e. The Morgan fingerprint density at radius 1 is 1.47 bits per heavy atom. The van der Waals surface area contributed by atoms with E-state index in [1.807, 2.05) is 18.6 Å². The molecule has 3 rings (SSSR count). The zero-order valence-corrected chi connectivity index (χ0v) is 11.0. The Morgan fingerprint density at radius 3 is 3.00 bits per heavy atom. The first-order valence-corrected chi connectivity index (χ1v) is 6.49. The topological polar surface area (TPSA) is 50.8 Å². The summed E-state index contributed by atoms with van der Waals surface area (Å²) in [6, 6.07) is 7.64. The maximum atomic E-state index is 8.78. The van der Waals surface area contributed by atoms with Gasteiger partial charge in [-0.1, -0.05) is 11.6 Å². The van der Waals surface area contributed by atoms with Crippen LogP contribution in [-0.4, -0.2) is 9.55 Å². The number of rotatable bonds is 4. The molecule has 19 heavy (non-hydrogen) atoms. The van der Waals surface area contributed by atoms with Crippen LogP contribution in [0.2, 0.25) is 5.02 Å². The summed E-state index contributed by atoms with van der Waals surface area (Å²) in [4.78, 5) is 4.15. The van der Waals surface area contributed by atoms with Crippen molar-refractivity contribution in [2.75, 3.05) is 0 Å². The second-order valence-corrected chi connectivity index (χ2v) is 4.98. The number of hydrogen-bond acceptors (Lipinski definition) is 3. The predicted molar refractivity (Wildman–Crippen MR) is 71.0 cm³/mol. The molecule has 0 amide bonds. The minimum Gasteiger partial charge on any atom is -0.486 e. The second-order valence-electron chi connectivity index (χ2n) is 4.57. The molecule has 0 N–H and O–H groups in total. The molecule has 1 aliphatic rings. The van der Waals surface area contributed by atoms with Gasteiger partial charge in [-0.15, -0.1) is 0 Å². The van der Waals surface area contributed by atoms with Crippen molar-refractivity contribution < 1.29 is 4.74 Å². The van der Waals surface area contributed by atoms with Crippen molar-refractivity contribution >= 4 is 11.6 Å². The van der Waals surface area contributed by atoms with Gasteiger partial charge in [0.1, 0.15) is 12.4 Å². The molecule has 4 nitrogen and oxygen atoms in total. The van der Waals surface area contributed by atoms with Crippen molar-refractivity contribution in [3.63, 3.8) is 0 Å². The summed E-state index contributed by atoms with van der Waals surface area (Å²) in [5.41, 5.74) is 1.57. The van der Waals surface area contributed by atoms with E-state index in [4.69, 9.17) is 21.6 Å². The van der Waals surface area contributed by atoms with Gasteiger partial charge in [-0.25, -0.2) is 4.98 Å². The molecule has 0 atom stereocenters. The summed E-state index contributed by atoms with van der Waals surface area (Å²) in [6.45, 7) is 0.433. The highest BCUT2D eigenvalue weighted by Crippen LogP contribution is 2.36. The van der Waals surface area contributed by atoms with E-state index >= 15 is 0 Å². The van der Waals surface area contributed by atoms with Crippen LogP contribution in [0.3, 0.4) is 0 Å². The largest absolute Gasteiger partial charge is 0.486 e. The first kappa shape index (κ1) is 12.1. The van der Waals surface area contributed by atoms with E-state index < -0.39 is 0 Å². The number of nitriles is 1. The summed E-state index contributed by atoms with van der Waals surface area (Å²) in [7, 11) is 0. The van der Waals surface area contributed by atoms with Crippen molar-refractivity contribution in [1.82, 2.24) is 9.55 Å². The van der Waals surface area contributed by atoms with Crippen LogP contribution >= 0.6 is 11.6 Å². The van der Waals surface area contributed by atoms with Gasteiger partial charge >= 0.3 is 0 Å². The Kier molecular flexibility index (Phi) is 3.14. The maximum Gasteiger partial charge on any atom is 0.138 e. The number of ether oxygens (including phenoxy) is 1. The number of benzene rings is 1. The van der Waals surface area contributed by atoms with Crippen LogP contribution in [0.1, 0.15) is 30.1 Å². The molecule has 5 heteroatoms. The van der Waals surface area contributed by atoms with E-state index in [9.17, 15) is 0 Å². The average molecular weight is 274 g/mol. The van der Waals surface area contributed by atoms with Crippen molar-refractivity contribution in [3.8, 4) is 11.8 Å². The Hall–Kier alpha value is -1.99. The molecule has 1 aromatic heterocycles. The van der Waals surface area contributed by atoms with Crippen LogP contribution in [0.15, 0.2) is 30.7 Å². The Bertz CT molecular complexity index is 640. The van der Waals surface area contributed by atoms with E-state index in [2.05, 4.69) is 9.55 Å². The number of halogens is 1. The molecule has 0 radical (unpaired) electrons. The first-order valence-electron chi connectivity index (χ1n) is 6.11. The Labute approximate surface area is 116 Å². The van der Waals surface area contributed by atoms with Gasteiger partial charge in [-0.05, 0) is 31.0 Å². The average Bonchev–Trinajstić information content (AvgIpc) is 3.16. The number of aromatic nitrogens is 2. The molecule has 1 fully saturated rings. The molecule has 2 aromatic rings. The minimum absolute atomic E-state index is 0.433. The van der Waals surface area contributed by atoms with Crippen LogP contribution in [0.4, 0.5) is 0 Å². The van der Waals surface area contributed by atoms with Gasteiger partial charge in [0.05, 0.1) is 34.9 Å². The lowest BCUT2D eigenvalue weighted by atomic mass is 10.2. The lowest BCUT2D eigenvalue weighted by Crippen LogP contribution is -2.03. The van der Waals surface area contributed by atoms with E-state index in [1.165, 1.54) is 12.8 Å². The molecule has 96 valence electrons. The SMILES string of the molecule is N#Cc1ccc(OCc2cncn2C2CC2)c(Cl)c1. The van der Waals surface area contributed by atoms with Crippen molar-refractivity contribution in [2.45, 2.75) is 25.5 Å². The Balaban J connectivity index is 1.72. The van der Waals surface area contributed by atoms with Crippen LogP contribution in [0.5, 0.6) is 5.75 Å². The molecular weight excluding hydrogens is 262 g/mol. The standard InChI is InChI=1S/C14H12ClN3O/c15-13-5-10(6-16)1-4-14(13)19-8-12-7-17-9-18(12)11-2-3-11/h1,4-5,7,9,11H,2-3,8H2. The second kappa shape index (κ2) is 4.94. The lowest BCUT2D eigenvalue weighted by Gasteiger charge is -2.10. The third kappa shape index (κ3) is 2.56. The highest BCUT2D eigenvalue weighted by molar-refractivity contribution is 6.32. The van der Waals surface area contributed by atoms with Gasteiger partial charge in [0.15, 0.2) is 0 Å². The normalized spacial score (nSPS) is 14.1. The monoisotopic (exact) mass is 273 g/mol. The van der Waals surface area contributed by atoms with Crippen molar-refractivity contribution in [3.05, 3.63) is 47.0 Å². The van der Waals surface area contributed by atoms with Crippen molar-refractivity contribution in [1.29, 1.82) is 5.26 Å². The zero-order chi connectivity index (χ0) is 13.2. The molecule has 0 bridgehead atoms. The van der Waals surface area contributed by atoms with E-state index in [-0.39, 0.29) is 0 Å². The minimum atomic E-state index is 0.433. The fourth-order valence-electron chi connectivity index (χ4n) is 1.96. The number of hydrogen-bond donors (Lipinski definition) is 0. The van der Waals surface area contributed by atoms with Gasteiger partial charge in [-0.2, -0.15) is 5.26 Å². The van der Waals surface area contributed by atoms with Crippen molar-refractivity contribution in [2.24, 2.45) is 0 Å². The first-order chi connectivity index (χ1) is 9.28. The maximum absolute atomic E-state index is 8.78. The molecule has 1 saturated carbocycles. The molecule has 0 aliphatic heterocycles. The molecule has 1 aliphatic carbocycles. The molecule has 0 spiro atoms. The van der Waals surface area contributed by atoms with E-state index in [0.29, 0.717) is 29.0 Å². The molecule has 1 aromatic carbocycles. The molecule has 0 saturated heterocycles. The fourth-order valence-corrected chi connectivity index (χ4v) is 2.20. The predicted octanol–water partition coefficient (Wildman–Crippen LogP) is 3.32. The van der Waals surface area contributed by atoms with Crippen LogP contribution in [0.25, 0.3) is 0 Å². The van der Waals surface area contributed by atoms with Gasteiger partial charge in [-0.3, -0.25) is 0 Å². The summed E-state index contributed by atoms with van der Waals surface area (Å²) in [5.74, 6) is 0.587. The molecule has 0 unspecified atom stereocenters. The third-order valence-corrected chi connectivity index (χ3v) is 3.42. The number of nitrogens with zero attached hydrogens (tertiary/aromatic N) is 3. The van der Waals surface area contributed by atoms with Gasteiger partial charge in [0, 0.05) is 6.04 Å². The van der Waals surface area contributed by atoms with E-state index in [0.717, 1.165) is 5.69 Å². The van der Waals surface area contributed by atoms with Crippen LogP contribution < -0.4 is 4.74 Å². The summed E-state index contributed by atoms with van der Waals surface area (Å²) in [5, 5.41) is 9.23. The van der Waals surface area contributed by atoms with Gasteiger partial charge in [0.2, 0.25) is 0 Å². The fraction of sp³-hybridized carbons (Fsp3) is 0.286. The third-order valence-electron chi connectivity index (χ3n) is 3.12. The summed E-state index contributed by atoms with van der Waals surface area (Å²) < 4.78 is 7.85. The van der Waals surface area contributed by atoms with E-state index in [1.54, 1.807) is 18.2 Å². The quantitative estimate of drug-likeness (QED) is 0.859.